The molecule has 3 heteroatoms. The zero-order valence-corrected chi connectivity index (χ0v) is 12.3. The van der Waals surface area contributed by atoms with Crippen LogP contribution in [0.2, 0.25) is 5.02 Å². The van der Waals surface area contributed by atoms with Crippen LogP contribution in [0, 0.1) is 5.82 Å². The first kappa shape index (κ1) is 15.0. The van der Waals surface area contributed by atoms with Crippen molar-refractivity contribution in [3.05, 3.63) is 70.5 Å². The van der Waals surface area contributed by atoms with Crippen molar-refractivity contribution in [2.75, 3.05) is 13.1 Å². The summed E-state index contributed by atoms with van der Waals surface area (Å²) >= 11 is 5.93. The Morgan fingerprint density at radius 1 is 1.10 bits per heavy atom. The van der Waals surface area contributed by atoms with Gasteiger partial charge >= 0.3 is 0 Å². The Bertz CT molecular complexity index is 539. The first-order chi connectivity index (χ1) is 9.70. The van der Waals surface area contributed by atoms with Gasteiger partial charge in [0, 0.05) is 17.5 Å². The number of benzene rings is 2. The van der Waals surface area contributed by atoms with Gasteiger partial charge in [0.15, 0.2) is 0 Å². The van der Waals surface area contributed by atoms with Crippen molar-refractivity contribution in [2.24, 2.45) is 0 Å². The third kappa shape index (κ3) is 4.06. The van der Waals surface area contributed by atoms with Gasteiger partial charge in [0.1, 0.15) is 5.82 Å². The monoisotopic (exact) mass is 291 g/mol. The Morgan fingerprint density at radius 2 is 1.80 bits per heavy atom. The Hall–Kier alpha value is -1.38. The van der Waals surface area contributed by atoms with E-state index in [-0.39, 0.29) is 11.7 Å². The maximum absolute atomic E-state index is 13.8. The van der Waals surface area contributed by atoms with Crippen LogP contribution in [0.5, 0.6) is 0 Å². The van der Waals surface area contributed by atoms with Crippen molar-refractivity contribution >= 4 is 11.6 Å². The lowest BCUT2D eigenvalue weighted by atomic mass is 9.91. The van der Waals surface area contributed by atoms with Crippen molar-refractivity contribution in [3.8, 4) is 0 Å². The highest BCUT2D eigenvalue weighted by atomic mass is 35.5. The molecule has 1 atom stereocenters. The fourth-order valence-electron chi connectivity index (χ4n) is 2.29. The van der Waals surface area contributed by atoms with Gasteiger partial charge in [-0.25, -0.2) is 4.39 Å². The summed E-state index contributed by atoms with van der Waals surface area (Å²) < 4.78 is 13.8. The third-order valence-corrected chi connectivity index (χ3v) is 3.66. The molecule has 20 heavy (non-hydrogen) atoms. The molecule has 0 aliphatic heterocycles. The molecule has 0 amide bonds. The number of hydrogen-bond acceptors (Lipinski definition) is 1. The molecule has 2 rings (SSSR count). The summed E-state index contributed by atoms with van der Waals surface area (Å²) in [5, 5.41) is 4.07. The summed E-state index contributed by atoms with van der Waals surface area (Å²) in [5.41, 5.74) is 1.93. The van der Waals surface area contributed by atoms with E-state index in [0.29, 0.717) is 6.42 Å². The topological polar surface area (TPSA) is 12.0 Å². The number of halogens is 2. The quantitative estimate of drug-likeness (QED) is 0.831. The van der Waals surface area contributed by atoms with Crippen LogP contribution in [-0.2, 0) is 6.42 Å². The molecule has 0 radical (unpaired) electrons. The van der Waals surface area contributed by atoms with Gasteiger partial charge in [0.05, 0.1) is 0 Å². The molecule has 0 spiro atoms. The largest absolute Gasteiger partial charge is 0.316 e. The molecule has 1 N–H and O–H groups in total. The van der Waals surface area contributed by atoms with Gasteiger partial charge in [0.2, 0.25) is 0 Å². The van der Waals surface area contributed by atoms with Crippen molar-refractivity contribution in [1.29, 1.82) is 0 Å². The molecule has 0 aliphatic carbocycles. The molecule has 2 aromatic rings. The van der Waals surface area contributed by atoms with E-state index in [1.165, 1.54) is 11.6 Å². The van der Waals surface area contributed by atoms with Gasteiger partial charge in [-0.2, -0.15) is 0 Å². The van der Waals surface area contributed by atoms with Crippen LogP contribution in [0.1, 0.15) is 24.0 Å². The zero-order valence-electron chi connectivity index (χ0n) is 11.6. The number of rotatable bonds is 6. The molecule has 0 saturated heterocycles. The summed E-state index contributed by atoms with van der Waals surface area (Å²) in [6.07, 6.45) is 0.682. The van der Waals surface area contributed by atoms with Crippen molar-refractivity contribution in [1.82, 2.24) is 5.32 Å². The summed E-state index contributed by atoms with van der Waals surface area (Å²) in [5.74, 6) is 0.104. The van der Waals surface area contributed by atoms with Gasteiger partial charge in [-0.15, -0.1) is 0 Å². The second kappa shape index (κ2) is 7.41. The molecule has 0 heterocycles. The predicted molar refractivity (Wildman–Crippen MR) is 82.8 cm³/mol. The molecule has 0 aliphatic rings. The van der Waals surface area contributed by atoms with E-state index in [1.54, 1.807) is 6.07 Å². The Kier molecular flexibility index (Phi) is 5.57. The summed E-state index contributed by atoms with van der Waals surface area (Å²) in [4.78, 5) is 0. The van der Waals surface area contributed by atoms with Crippen LogP contribution in [0.3, 0.4) is 0 Å². The van der Waals surface area contributed by atoms with E-state index >= 15 is 0 Å². The Balaban J connectivity index is 2.19. The lowest BCUT2D eigenvalue weighted by molar-refractivity contribution is 0.562. The Labute approximate surface area is 124 Å². The molecule has 0 fully saturated rings. The number of nitrogens with one attached hydrogen (secondary N) is 1. The highest BCUT2D eigenvalue weighted by molar-refractivity contribution is 6.30. The van der Waals surface area contributed by atoms with Crippen LogP contribution in [0.25, 0.3) is 0 Å². The maximum Gasteiger partial charge on any atom is 0.126 e. The smallest absolute Gasteiger partial charge is 0.126 e. The minimum atomic E-state index is -0.136. The highest BCUT2D eigenvalue weighted by Gasteiger charge is 2.14. The van der Waals surface area contributed by atoms with E-state index in [0.717, 1.165) is 23.7 Å². The van der Waals surface area contributed by atoms with E-state index in [2.05, 4.69) is 12.2 Å². The van der Waals surface area contributed by atoms with Crippen LogP contribution in [-0.4, -0.2) is 13.1 Å². The predicted octanol–water partition coefficient (Wildman–Crippen LogP) is 4.41. The second-order valence-corrected chi connectivity index (χ2v) is 5.29. The van der Waals surface area contributed by atoms with Crippen LogP contribution < -0.4 is 5.32 Å². The molecule has 1 nitrogen and oxygen atoms in total. The molecule has 2 aromatic carbocycles. The first-order valence-electron chi connectivity index (χ1n) is 6.90. The number of likely N-dealkylation sites (N-methyl/N-ethyl adjacent to an activating group) is 1. The molecule has 0 aromatic heterocycles. The molecule has 106 valence electrons. The maximum atomic E-state index is 13.8. The lowest BCUT2D eigenvalue weighted by Crippen LogP contribution is -2.23. The van der Waals surface area contributed by atoms with Crippen molar-refractivity contribution in [3.63, 3.8) is 0 Å². The van der Waals surface area contributed by atoms with Gasteiger partial charge in [-0.05, 0) is 42.3 Å². The summed E-state index contributed by atoms with van der Waals surface area (Å²) in [6, 6.07) is 14.8. The van der Waals surface area contributed by atoms with Crippen molar-refractivity contribution < 1.29 is 4.39 Å². The van der Waals surface area contributed by atoms with Gasteiger partial charge in [-0.3, -0.25) is 0 Å². The van der Waals surface area contributed by atoms with Crippen LogP contribution >= 0.6 is 11.6 Å². The van der Waals surface area contributed by atoms with Gasteiger partial charge in [0.25, 0.3) is 0 Å². The second-order valence-electron chi connectivity index (χ2n) is 4.85. The van der Waals surface area contributed by atoms with Crippen LogP contribution in [0.15, 0.2) is 48.5 Å². The highest BCUT2D eigenvalue weighted by Crippen LogP contribution is 2.23. The average Bonchev–Trinajstić information content (AvgIpc) is 2.46. The standard InChI is InChI=1S/C17H19ClFN/c1-2-20-12-15(13-7-9-16(18)10-8-13)11-14-5-3-4-6-17(14)19/h3-10,15,20H,2,11-12H2,1H3. The van der Waals surface area contributed by atoms with Gasteiger partial charge in [-0.1, -0.05) is 48.9 Å². The molecular weight excluding hydrogens is 273 g/mol. The summed E-state index contributed by atoms with van der Waals surface area (Å²) in [7, 11) is 0. The van der Waals surface area contributed by atoms with E-state index in [4.69, 9.17) is 11.6 Å². The third-order valence-electron chi connectivity index (χ3n) is 3.41. The molecular formula is C17H19ClFN. The molecule has 0 bridgehead atoms. The minimum absolute atomic E-state index is 0.136. The molecule has 1 unspecified atom stereocenters. The first-order valence-corrected chi connectivity index (χ1v) is 7.28. The summed E-state index contributed by atoms with van der Waals surface area (Å²) in [6.45, 7) is 3.80. The fraction of sp³-hybridized carbons (Fsp3) is 0.294. The zero-order chi connectivity index (χ0) is 14.4. The SMILES string of the molecule is CCNCC(Cc1ccccc1F)c1ccc(Cl)cc1. The minimum Gasteiger partial charge on any atom is -0.316 e. The average molecular weight is 292 g/mol. The van der Waals surface area contributed by atoms with E-state index < -0.39 is 0 Å². The number of hydrogen-bond donors (Lipinski definition) is 1. The van der Waals surface area contributed by atoms with Crippen molar-refractivity contribution in [2.45, 2.75) is 19.3 Å². The van der Waals surface area contributed by atoms with Gasteiger partial charge < -0.3 is 5.32 Å². The molecule has 0 saturated carbocycles. The van der Waals surface area contributed by atoms with Crippen LogP contribution in [0.4, 0.5) is 4.39 Å². The Morgan fingerprint density at radius 3 is 2.45 bits per heavy atom. The normalized spacial score (nSPS) is 12.3. The van der Waals surface area contributed by atoms with E-state index in [9.17, 15) is 4.39 Å². The van der Waals surface area contributed by atoms with E-state index in [1.807, 2.05) is 36.4 Å². The lowest BCUT2D eigenvalue weighted by Gasteiger charge is -2.18. The fourth-order valence-corrected chi connectivity index (χ4v) is 2.42.